The van der Waals surface area contributed by atoms with Gasteiger partial charge in [0.15, 0.2) is 17.2 Å². The standard InChI is InChI=1S/C29H23F2N7O4/c1-41-18-4-3-16(25(39)11-18)13-33-21-5-2-15(12-32)8-22(21)35-28-34-14-23-27(37-28)38(29(40)36-23)24-6-7-42-26-19(24)9-17(30)10-20(26)31/h2-5,8-11,14,24,33,39H,6-7,13H2,1H3,(H,36,40)(H,34,35,37)/t24-/m1/s1. The van der Waals surface area contributed by atoms with Crippen molar-refractivity contribution in [3.8, 4) is 23.3 Å². The van der Waals surface area contributed by atoms with Gasteiger partial charge in [-0.25, -0.2) is 18.6 Å². The fraction of sp³-hybridized carbons (Fsp3) is 0.172. The molecular formula is C29H23F2N7O4. The number of benzene rings is 3. The Bertz CT molecular complexity index is 1930. The predicted octanol–water partition coefficient (Wildman–Crippen LogP) is 4.71. The molecule has 3 heterocycles. The number of phenolic OH excluding ortho intramolecular Hbond substituents is 1. The van der Waals surface area contributed by atoms with Crippen LogP contribution in [0.1, 0.15) is 29.2 Å². The number of halogens is 2. The van der Waals surface area contributed by atoms with Gasteiger partial charge in [-0.2, -0.15) is 10.2 Å². The first-order valence-electron chi connectivity index (χ1n) is 12.8. The van der Waals surface area contributed by atoms with Crippen LogP contribution < -0.4 is 25.8 Å². The average Bonchev–Trinajstić information content (AvgIpc) is 3.31. The second-order valence-corrected chi connectivity index (χ2v) is 9.54. The molecule has 2 aromatic heterocycles. The van der Waals surface area contributed by atoms with Crippen LogP contribution in [0.3, 0.4) is 0 Å². The van der Waals surface area contributed by atoms with Crippen LogP contribution in [0.15, 0.2) is 59.5 Å². The lowest BCUT2D eigenvalue weighted by atomic mass is 10.00. The largest absolute Gasteiger partial charge is 0.507 e. The minimum Gasteiger partial charge on any atom is -0.507 e. The van der Waals surface area contributed by atoms with Gasteiger partial charge in [0.25, 0.3) is 0 Å². The van der Waals surface area contributed by atoms with Crippen LogP contribution in [0.4, 0.5) is 26.1 Å². The average molecular weight is 572 g/mol. The van der Waals surface area contributed by atoms with Crippen molar-refractivity contribution in [2.24, 2.45) is 0 Å². The van der Waals surface area contributed by atoms with Crippen LogP contribution in [-0.2, 0) is 6.54 Å². The van der Waals surface area contributed by atoms with Crippen LogP contribution in [0.2, 0.25) is 0 Å². The minimum absolute atomic E-state index is 0.0543. The van der Waals surface area contributed by atoms with Gasteiger partial charge >= 0.3 is 5.69 Å². The number of ether oxygens (including phenoxy) is 2. The third kappa shape index (κ3) is 4.90. The van der Waals surface area contributed by atoms with Crippen molar-refractivity contribution in [3.05, 3.63) is 93.5 Å². The zero-order valence-electron chi connectivity index (χ0n) is 22.1. The van der Waals surface area contributed by atoms with Gasteiger partial charge in [0.2, 0.25) is 5.95 Å². The first kappa shape index (κ1) is 26.6. The number of methoxy groups -OCH3 is 1. The maximum absolute atomic E-state index is 14.5. The molecule has 0 aliphatic carbocycles. The van der Waals surface area contributed by atoms with Crippen molar-refractivity contribution in [1.29, 1.82) is 5.26 Å². The number of aromatic amines is 1. The third-order valence-electron chi connectivity index (χ3n) is 6.96. The van der Waals surface area contributed by atoms with E-state index in [-0.39, 0.29) is 48.2 Å². The summed E-state index contributed by atoms with van der Waals surface area (Å²) in [5.41, 5.74) is 2.26. The smallest absolute Gasteiger partial charge is 0.328 e. The minimum atomic E-state index is -0.847. The van der Waals surface area contributed by atoms with Crippen LogP contribution >= 0.6 is 0 Å². The fourth-order valence-electron chi connectivity index (χ4n) is 4.94. The Morgan fingerprint density at radius 3 is 2.86 bits per heavy atom. The molecule has 4 N–H and O–H groups in total. The van der Waals surface area contributed by atoms with Gasteiger partial charge in [0.05, 0.1) is 49.0 Å². The molecule has 42 heavy (non-hydrogen) atoms. The lowest BCUT2D eigenvalue weighted by molar-refractivity contribution is 0.242. The van der Waals surface area contributed by atoms with Gasteiger partial charge < -0.3 is 30.2 Å². The summed E-state index contributed by atoms with van der Waals surface area (Å²) in [7, 11) is 1.51. The number of H-pyrrole nitrogens is 1. The molecule has 0 radical (unpaired) electrons. The van der Waals surface area contributed by atoms with Crippen molar-refractivity contribution in [1.82, 2.24) is 19.5 Å². The fourth-order valence-corrected chi connectivity index (χ4v) is 4.94. The van der Waals surface area contributed by atoms with Crippen LogP contribution in [0, 0.1) is 23.0 Å². The number of fused-ring (bicyclic) bond motifs is 2. The summed E-state index contributed by atoms with van der Waals surface area (Å²) in [5, 5.41) is 26.1. The van der Waals surface area contributed by atoms with E-state index in [9.17, 15) is 23.9 Å². The normalized spacial score (nSPS) is 14.1. The quantitative estimate of drug-likeness (QED) is 0.218. The Morgan fingerprint density at radius 2 is 2.07 bits per heavy atom. The second kappa shape index (κ2) is 10.7. The van der Waals surface area contributed by atoms with Crippen molar-refractivity contribution in [3.63, 3.8) is 0 Å². The molecule has 0 fully saturated rings. The second-order valence-electron chi connectivity index (χ2n) is 9.54. The Labute approximate surface area is 237 Å². The summed E-state index contributed by atoms with van der Waals surface area (Å²) in [4.78, 5) is 24.6. The van der Waals surface area contributed by atoms with E-state index in [1.807, 2.05) is 0 Å². The highest BCUT2D eigenvalue weighted by Crippen LogP contribution is 2.38. The van der Waals surface area contributed by atoms with Crippen LogP contribution in [0.25, 0.3) is 11.2 Å². The molecule has 212 valence electrons. The summed E-state index contributed by atoms with van der Waals surface area (Å²) >= 11 is 0. The summed E-state index contributed by atoms with van der Waals surface area (Å²) in [6.07, 6.45) is 1.71. The van der Waals surface area contributed by atoms with Gasteiger partial charge in [0.1, 0.15) is 22.8 Å². The van der Waals surface area contributed by atoms with Gasteiger partial charge in [-0.05, 0) is 36.4 Å². The Hall–Kier alpha value is -5.64. The van der Waals surface area contributed by atoms with Crippen molar-refractivity contribution >= 4 is 28.5 Å². The number of nitrogens with one attached hydrogen (secondary N) is 3. The van der Waals surface area contributed by atoms with E-state index in [2.05, 4.69) is 31.7 Å². The number of rotatable bonds is 7. The lowest BCUT2D eigenvalue weighted by Crippen LogP contribution is -2.28. The van der Waals surface area contributed by atoms with Crippen molar-refractivity contribution in [2.75, 3.05) is 24.4 Å². The molecule has 6 rings (SSSR count). The maximum Gasteiger partial charge on any atom is 0.328 e. The first-order chi connectivity index (χ1) is 20.3. The van der Waals surface area contributed by atoms with Crippen molar-refractivity contribution in [2.45, 2.75) is 19.0 Å². The Morgan fingerprint density at radius 1 is 1.21 bits per heavy atom. The number of anilines is 3. The van der Waals surface area contributed by atoms with E-state index >= 15 is 0 Å². The zero-order valence-corrected chi connectivity index (χ0v) is 22.1. The molecule has 0 unspecified atom stereocenters. The number of nitriles is 1. The molecule has 0 spiro atoms. The van der Waals surface area contributed by atoms with Crippen LogP contribution in [0.5, 0.6) is 17.2 Å². The van der Waals surface area contributed by atoms with E-state index in [4.69, 9.17) is 9.47 Å². The zero-order chi connectivity index (χ0) is 29.4. The number of aromatic hydroxyl groups is 1. The number of aromatic nitrogens is 4. The van der Waals surface area contributed by atoms with E-state index in [1.165, 1.54) is 23.9 Å². The molecule has 0 saturated carbocycles. The number of nitrogens with zero attached hydrogens (tertiary/aromatic N) is 4. The molecule has 1 aliphatic rings. The third-order valence-corrected chi connectivity index (χ3v) is 6.96. The van der Waals surface area contributed by atoms with Gasteiger partial charge in [0, 0.05) is 36.2 Å². The number of imidazole rings is 1. The molecule has 0 bridgehead atoms. The molecule has 0 saturated heterocycles. The summed E-state index contributed by atoms with van der Waals surface area (Å²) in [6.45, 7) is 0.374. The monoisotopic (exact) mass is 571 g/mol. The van der Waals surface area contributed by atoms with E-state index in [1.54, 1.807) is 30.3 Å². The summed E-state index contributed by atoms with van der Waals surface area (Å²) in [6, 6.07) is 13.2. The van der Waals surface area contributed by atoms with Gasteiger partial charge in [-0.15, -0.1) is 0 Å². The van der Waals surface area contributed by atoms with Gasteiger partial charge in [-0.3, -0.25) is 4.57 Å². The van der Waals surface area contributed by atoms with E-state index in [0.717, 1.165) is 12.1 Å². The topological polar surface area (TPSA) is 150 Å². The Balaban J connectivity index is 1.34. The molecule has 0 amide bonds. The lowest BCUT2D eigenvalue weighted by Gasteiger charge is -2.27. The molecule has 1 atom stereocenters. The first-order valence-corrected chi connectivity index (χ1v) is 12.8. The predicted molar refractivity (Wildman–Crippen MR) is 149 cm³/mol. The molecule has 1 aliphatic heterocycles. The molecule has 3 aromatic carbocycles. The van der Waals surface area contributed by atoms with Gasteiger partial charge in [-0.1, -0.05) is 0 Å². The number of hydrogen-bond acceptors (Lipinski definition) is 9. The van der Waals surface area contributed by atoms with E-state index < -0.39 is 23.4 Å². The number of hydrogen-bond donors (Lipinski definition) is 4. The molecule has 11 nitrogen and oxygen atoms in total. The molecule has 5 aromatic rings. The Kier molecular flexibility index (Phi) is 6.79. The van der Waals surface area contributed by atoms with Crippen LogP contribution in [-0.4, -0.2) is 38.3 Å². The summed E-state index contributed by atoms with van der Waals surface area (Å²) in [5.74, 6) is -1.05. The SMILES string of the molecule is COc1ccc(CNc2ccc(C#N)cc2Nc2ncc3[nH]c(=O)n([C@@H]4CCOc5c(F)cc(F)cc54)c3n2)c(O)c1. The maximum atomic E-state index is 14.5. The molecule has 13 heteroatoms. The highest BCUT2D eigenvalue weighted by atomic mass is 19.1. The number of phenols is 1. The van der Waals surface area contributed by atoms with Crippen molar-refractivity contribution < 1.29 is 23.4 Å². The summed E-state index contributed by atoms with van der Waals surface area (Å²) < 4.78 is 40.5. The highest BCUT2D eigenvalue weighted by Gasteiger charge is 2.30. The highest BCUT2D eigenvalue weighted by molar-refractivity contribution is 5.77. The molecular weight excluding hydrogens is 548 g/mol. The van der Waals surface area contributed by atoms with E-state index in [0.29, 0.717) is 33.8 Å².